The van der Waals surface area contributed by atoms with Crippen LogP contribution in [0.2, 0.25) is 0 Å². The van der Waals surface area contributed by atoms with Gasteiger partial charge < -0.3 is 5.32 Å². The molecule has 1 aromatic rings. The Morgan fingerprint density at radius 1 is 1.32 bits per heavy atom. The second-order valence-corrected chi connectivity index (χ2v) is 4.57. The summed E-state index contributed by atoms with van der Waals surface area (Å²) in [6, 6.07) is 8.90. The number of nitriles is 2. The van der Waals surface area contributed by atoms with E-state index in [1.54, 1.807) is 12.1 Å². The molecule has 2 rings (SSSR count). The Labute approximate surface area is 118 Å². The van der Waals surface area contributed by atoms with Crippen molar-refractivity contribution in [2.75, 3.05) is 0 Å². The average Bonchev–Trinajstić information content (AvgIpc) is 2.41. The van der Waals surface area contributed by atoms with Gasteiger partial charge in [-0.3, -0.25) is 0 Å². The largest absolute Gasteiger partial charge is 0.346 e. The summed E-state index contributed by atoms with van der Waals surface area (Å²) < 4.78 is 13.2. The minimum absolute atomic E-state index is 0.119. The summed E-state index contributed by atoms with van der Waals surface area (Å²) in [5, 5.41) is 20.2. The van der Waals surface area contributed by atoms with Crippen molar-refractivity contribution in [3.63, 3.8) is 0 Å². The first-order valence-corrected chi connectivity index (χ1v) is 5.79. The van der Waals surface area contributed by atoms with Crippen LogP contribution in [-0.4, -0.2) is 5.17 Å². The van der Waals surface area contributed by atoms with Gasteiger partial charge in [-0.2, -0.15) is 10.5 Å². The number of nitrogens with one attached hydrogen (secondary N) is 1. The van der Waals surface area contributed by atoms with Crippen LogP contribution in [0.1, 0.15) is 5.56 Å². The maximum Gasteiger partial charge on any atom is 0.192 e. The topological polar surface area (TPSA) is 72.0 Å². The Bertz CT molecular complexity index is 684. The molecule has 0 saturated heterocycles. The highest BCUT2D eigenvalue weighted by Gasteiger charge is 2.39. The molecule has 1 atom stereocenters. The second kappa shape index (κ2) is 4.89. The predicted octanol–water partition coefficient (Wildman–Crippen LogP) is 2.72. The van der Waals surface area contributed by atoms with Crippen molar-refractivity contribution in [1.29, 1.82) is 10.5 Å². The van der Waals surface area contributed by atoms with Crippen molar-refractivity contribution < 1.29 is 4.39 Å². The molecule has 0 fully saturated rings. The molecule has 0 saturated carbocycles. The quantitative estimate of drug-likeness (QED) is 0.639. The minimum atomic E-state index is -1.56. The highest BCUT2D eigenvalue weighted by molar-refractivity contribution is 6.72. The van der Waals surface area contributed by atoms with E-state index in [1.165, 1.54) is 24.3 Å². The predicted molar refractivity (Wildman–Crippen MR) is 68.6 cm³/mol. The number of hydrogen-bond donors (Lipinski definition) is 1. The Kier molecular flexibility index (Phi) is 3.44. The number of rotatable bonds is 1. The molecule has 0 bridgehead atoms. The molecule has 94 valence electrons. The molecule has 1 aliphatic rings. The lowest BCUT2D eigenvalue weighted by Crippen LogP contribution is -2.44. The van der Waals surface area contributed by atoms with Crippen molar-refractivity contribution in [3.05, 3.63) is 47.0 Å². The fourth-order valence-electron chi connectivity index (χ4n) is 1.57. The lowest BCUT2D eigenvalue weighted by atomic mass is 10.0. The Morgan fingerprint density at radius 3 is 2.63 bits per heavy atom. The van der Waals surface area contributed by atoms with Crippen LogP contribution < -0.4 is 5.32 Å². The van der Waals surface area contributed by atoms with Crippen LogP contribution in [0.5, 0.6) is 0 Å². The molecule has 1 aromatic carbocycles. The molecule has 1 unspecified atom stereocenters. The van der Waals surface area contributed by atoms with Crippen molar-refractivity contribution in [2.45, 2.75) is 5.00 Å². The first-order valence-electron chi connectivity index (χ1n) is 5.03. The average molecular weight is 295 g/mol. The van der Waals surface area contributed by atoms with Gasteiger partial charge in [0.2, 0.25) is 0 Å². The maximum atomic E-state index is 13.2. The van der Waals surface area contributed by atoms with Gasteiger partial charge in [0.05, 0.1) is 0 Å². The number of aliphatic imine (C=N–C) groups is 1. The Balaban J connectivity index is 2.55. The molecule has 19 heavy (non-hydrogen) atoms. The third-order valence-corrected chi connectivity index (χ3v) is 3.42. The molecule has 1 aliphatic heterocycles. The molecule has 0 aliphatic carbocycles. The summed E-state index contributed by atoms with van der Waals surface area (Å²) in [6.07, 6.45) is 0. The van der Waals surface area contributed by atoms with E-state index in [0.717, 1.165) is 0 Å². The minimum Gasteiger partial charge on any atom is -0.346 e. The fraction of sp³-hybridized carbons (Fsp3) is 0.0833. The van der Waals surface area contributed by atoms with E-state index in [-0.39, 0.29) is 22.1 Å². The summed E-state index contributed by atoms with van der Waals surface area (Å²) in [5.41, 5.74) is -0.000930. The van der Waals surface area contributed by atoms with Crippen molar-refractivity contribution in [1.82, 2.24) is 5.32 Å². The van der Waals surface area contributed by atoms with Crippen molar-refractivity contribution in [3.8, 4) is 12.1 Å². The fourth-order valence-corrected chi connectivity index (χ4v) is 2.07. The molecule has 1 N–H and O–H groups in total. The molecular weight excluding hydrogens is 290 g/mol. The number of hydrogen-bond acceptors (Lipinski definition) is 4. The van der Waals surface area contributed by atoms with Crippen LogP contribution in [0.15, 0.2) is 40.7 Å². The van der Waals surface area contributed by atoms with E-state index >= 15 is 0 Å². The van der Waals surface area contributed by atoms with Gasteiger partial charge in [-0.25, -0.2) is 9.38 Å². The maximum absolute atomic E-state index is 13.2. The number of allylic oxidation sites excluding steroid dienone is 2. The van der Waals surface area contributed by atoms with Crippen LogP contribution >= 0.6 is 23.2 Å². The molecule has 0 aromatic heterocycles. The van der Waals surface area contributed by atoms with Crippen LogP contribution in [0, 0.1) is 28.5 Å². The van der Waals surface area contributed by atoms with Gasteiger partial charge in [-0.05, 0) is 12.1 Å². The van der Waals surface area contributed by atoms with Gasteiger partial charge in [0.25, 0.3) is 0 Å². The van der Waals surface area contributed by atoms with Crippen LogP contribution in [0.25, 0.3) is 0 Å². The number of halogens is 3. The molecule has 1 heterocycles. The molecule has 0 radical (unpaired) electrons. The van der Waals surface area contributed by atoms with E-state index < -0.39 is 10.8 Å². The number of alkyl halides is 1. The summed E-state index contributed by atoms with van der Waals surface area (Å²) >= 11 is 12.2. The molecule has 0 spiro atoms. The van der Waals surface area contributed by atoms with Gasteiger partial charge in [0.15, 0.2) is 21.6 Å². The van der Waals surface area contributed by atoms with Gasteiger partial charge >= 0.3 is 0 Å². The highest BCUT2D eigenvalue weighted by atomic mass is 35.5. The summed E-state index contributed by atoms with van der Waals surface area (Å²) in [5.74, 6) is -0.502. The third-order valence-electron chi connectivity index (χ3n) is 2.47. The SMILES string of the molecule is N#CC1=C(C#N)NC(Cl)(c2cccc(F)c2)C(Cl)=N1. The molecule has 7 heteroatoms. The zero-order chi connectivity index (χ0) is 14.0. The first-order chi connectivity index (χ1) is 9.01. The van der Waals surface area contributed by atoms with Gasteiger partial charge in [0, 0.05) is 5.56 Å². The Hall–Kier alpha value is -2.08. The van der Waals surface area contributed by atoms with E-state index in [2.05, 4.69) is 10.3 Å². The smallest absolute Gasteiger partial charge is 0.192 e. The van der Waals surface area contributed by atoms with E-state index in [0.29, 0.717) is 0 Å². The Morgan fingerprint density at radius 2 is 2.05 bits per heavy atom. The van der Waals surface area contributed by atoms with Crippen molar-refractivity contribution >= 4 is 28.4 Å². The van der Waals surface area contributed by atoms with Gasteiger partial charge in [-0.15, -0.1) is 0 Å². The lowest BCUT2D eigenvalue weighted by Gasteiger charge is -2.30. The van der Waals surface area contributed by atoms with E-state index in [9.17, 15) is 4.39 Å². The van der Waals surface area contributed by atoms with Crippen molar-refractivity contribution in [2.24, 2.45) is 4.99 Å². The monoisotopic (exact) mass is 294 g/mol. The first kappa shape index (κ1) is 13.4. The summed E-state index contributed by atoms with van der Waals surface area (Å²) in [6.45, 7) is 0. The summed E-state index contributed by atoms with van der Waals surface area (Å²) in [4.78, 5) is 2.21. The summed E-state index contributed by atoms with van der Waals surface area (Å²) in [7, 11) is 0. The highest BCUT2D eigenvalue weighted by Crippen LogP contribution is 2.35. The van der Waals surface area contributed by atoms with E-state index in [4.69, 9.17) is 33.7 Å². The molecular formula is C12H5Cl2FN4. The van der Waals surface area contributed by atoms with Gasteiger partial charge in [-0.1, -0.05) is 35.3 Å². The second-order valence-electron chi connectivity index (χ2n) is 3.64. The molecule has 4 nitrogen and oxygen atoms in total. The molecule has 0 amide bonds. The zero-order valence-corrected chi connectivity index (χ0v) is 10.8. The van der Waals surface area contributed by atoms with Crippen LogP contribution in [-0.2, 0) is 5.00 Å². The normalized spacial score (nSPS) is 22.1. The van der Waals surface area contributed by atoms with Crippen LogP contribution in [0.3, 0.4) is 0 Å². The van der Waals surface area contributed by atoms with E-state index in [1.807, 2.05) is 0 Å². The zero-order valence-electron chi connectivity index (χ0n) is 9.28. The number of benzene rings is 1. The third kappa shape index (κ3) is 2.26. The standard InChI is InChI=1S/C12H5Cl2FN4/c13-11-12(14,7-2-1-3-8(15)4-7)19-10(6-17)9(5-16)18-11/h1-4,19H. The number of nitrogens with zero attached hydrogens (tertiary/aromatic N) is 3. The van der Waals surface area contributed by atoms with Gasteiger partial charge in [0.1, 0.15) is 18.0 Å². The van der Waals surface area contributed by atoms with Crippen LogP contribution in [0.4, 0.5) is 4.39 Å². The lowest BCUT2D eigenvalue weighted by molar-refractivity contribution is 0.615.